The molecule has 170 valence electrons. The summed E-state index contributed by atoms with van der Waals surface area (Å²) in [4.78, 5) is 9.45. The second kappa shape index (κ2) is 6.80. The average Bonchev–Trinajstić information content (AvgIpc) is 3.27. The molecule has 3 heteroatoms. The van der Waals surface area contributed by atoms with Gasteiger partial charge < -0.3 is 0 Å². The van der Waals surface area contributed by atoms with E-state index in [0.29, 0.717) is 5.95 Å². The van der Waals surface area contributed by atoms with Gasteiger partial charge in [-0.05, 0) is 62.0 Å². The van der Waals surface area contributed by atoms with Gasteiger partial charge in [0.25, 0.3) is 0 Å². The Balaban J connectivity index is 1.73. The van der Waals surface area contributed by atoms with Gasteiger partial charge in [0.1, 0.15) is 0 Å². The Morgan fingerprint density at radius 3 is 1.97 bits per heavy atom. The highest BCUT2D eigenvalue weighted by Gasteiger charge is 2.28. The van der Waals surface area contributed by atoms with Gasteiger partial charge in [0.05, 0.1) is 11.0 Å². The van der Waals surface area contributed by atoms with E-state index in [9.17, 15) is 0 Å². The Morgan fingerprint density at radius 1 is 0.459 bits per heavy atom. The van der Waals surface area contributed by atoms with Crippen LogP contribution < -0.4 is 0 Å². The molecular formula is C34H19N3. The minimum absolute atomic E-state index is 0.695. The lowest BCUT2D eigenvalue weighted by molar-refractivity contribution is 0.991. The predicted octanol–water partition coefficient (Wildman–Crippen LogP) is 8.68. The molecule has 0 atom stereocenters. The van der Waals surface area contributed by atoms with Crippen LogP contribution in [-0.4, -0.2) is 14.5 Å². The van der Waals surface area contributed by atoms with E-state index in [0.717, 1.165) is 5.52 Å². The van der Waals surface area contributed by atoms with Crippen LogP contribution in [0, 0.1) is 0 Å². The van der Waals surface area contributed by atoms with Crippen LogP contribution in [-0.2, 0) is 0 Å². The van der Waals surface area contributed by atoms with Gasteiger partial charge in [0.15, 0.2) is 0 Å². The summed E-state index contributed by atoms with van der Waals surface area (Å²) >= 11 is 0. The van der Waals surface area contributed by atoms with E-state index in [4.69, 9.17) is 9.97 Å². The first-order valence-corrected chi connectivity index (χ1v) is 12.6. The molecule has 37 heavy (non-hydrogen) atoms. The quantitative estimate of drug-likeness (QED) is 0.225. The molecule has 0 saturated carbocycles. The van der Waals surface area contributed by atoms with Crippen LogP contribution in [0.3, 0.4) is 0 Å². The lowest BCUT2D eigenvalue weighted by Gasteiger charge is -2.17. The van der Waals surface area contributed by atoms with E-state index in [-0.39, 0.29) is 0 Å². The van der Waals surface area contributed by atoms with Crippen LogP contribution >= 0.6 is 0 Å². The monoisotopic (exact) mass is 469 g/mol. The maximum atomic E-state index is 4.72. The minimum Gasteiger partial charge on any atom is -0.277 e. The number of rotatable bonds is 1. The summed E-state index contributed by atoms with van der Waals surface area (Å²) in [7, 11) is 0. The highest BCUT2D eigenvalue weighted by molar-refractivity contribution is 6.41. The SMILES string of the molecule is c1cnc(-n2c3cccc4c3c3c5c(cc6ccccc6c5c5ccccc5c32)-c2ccccc2-4)nc1. The van der Waals surface area contributed by atoms with E-state index < -0.39 is 0 Å². The molecule has 0 unspecified atom stereocenters. The fourth-order valence-corrected chi connectivity index (χ4v) is 6.64. The third-order valence-electron chi connectivity index (χ3n) is 8.00. The summed E-state index contributed by atoms with van der Waals surface area (Å²) in [6.07, 6.45) is 3.65. The molecule has 3 nitrogen and oxygen atoms in total. The Labute approximate surface area is 212 Å². The van der Waals surface area contributed by atoms with Gasteiger partial charge in [-0.15, -0.1) is 0 Å². The van der Waals surface area contributed by atoms with Gasteiger partial charge in [0.2, 0.25) is 5.95 Å². The lowest BCUT2D eigenvalue weighted by Crippen LogP contribution is -2.00. The van der Waals surface area contributed by atoms with Gasteiger partial charge >= 0.3 is 0 Å². The smallest absolute Gasteiger partial charge is 0.234 e. The highest BCUT2D eigenvalue weighted by atomic mass is 15.1. The highest BCUT2D eigenvalue weighted by Crippen LogP contribution is 2.53. The summed E-state index contributed by atoms with van der Waals surface area (Å²) in [5.74, 6) is 0.695. The molecule has 0 spiro atoms. The first-order valence-electron chi connectivity index (χ1n) is 12.6. The van der Waals surface area contributed by atoms with Crippen LogP contribution in [0.25, 0.3) is 82.3 Å². The molecule has 9 rings (SSSR count). The van der Waals surface area contributed by atoms with Crippen LogP contribution in [0.5, 0.6) is 0 Å². The van der Waals surface area contributed by atoms with E-state index in [1.54, 1.807) is 0 Å². The Hall–Kier alpha value is -5.02. The number of fused-ring (bicyclic) bond motifs is 8. The zero-order chi connectivity index (χ0) is 24.1. The molecule has 8 aromatic rings. The zero-order valence-corrected chi connectivity index (χ0v) is 19.8. The van der Waals surface area contributed by atoms with E-state index in [2.05, 4.69) is 102 Å². The minimum atomic E-state index is 0.695. The van der Waals surface area contributed by atoms with Crippen molar-refractivity contribution in [2.45, 2.75) is 0 Å². The van der Waals surface area contributed by atoms with Crippen molar-refractivity contribution < 1.29 is 0 Å². The van der Waals surface area contributed by atoms with Crippen molar-refractivity contribution in [1.82, 2.24) is 14.5 Å². The number of hydrogen-bond donors (Lipinski definition) is 0. The molecular weight excluding hydrogens is 450 g/mol. The van der Waals surface area contributed by atoms with Gasteiger partial charge in [-0.2, -0.15) is 0 Å². The van der Waals surface area contributed by atoms with Crippen molar-refractivity contribution in [3.63, 3.8) is 0 Å². The van der Waals surface area contributed by atoms with E-state index in [1.165, 1.54) is 70.9 Å². The molecule has 0 bridgehead atoms. The average molecular weight is 470 g/mol. The molecule has 1 aliphatic rings. The molecule has 6 aromatic carbocycles. The van der Waals surface area contributed by atoms with Crippen LogP contribution in [0.2, 0.25) is 0 Å². The maximum Gasteiger partial charge on any atom is 0.234 e. The van der Waals surface area contributed by atoms with Crippen molar-refractivity contribution in [2.75, 3.05) is 0 Å². The summed E-state index contributed by atoms with van der Waals surface area (Å²) in [5.41, 5.74) is 7.38. The summed E-state index contributed by atoms with van der Waals surface area (Å²) in [6, 6.07) is 37.4. The number of benzene rings is 6. The van der Waals surface area contributed by atoms with Gasteiger partial charge in [-0.3, -0.25) is 4.57 Å². The summed E-state index contributed by atoms with van der Waals surface area (Å²) < 4.78 is 2.27. The van der Waals surface area contributed by atoms with Gasteiger partial charge in [-0.1, -0.05) is 84.9 Å². The van der Waals surface area contributed by atoms with Crippen LogP contribution in [0.1, 0.15) is 0 Å². The third kappa shape index (κ3) is 2.32. The van der Waals surface area contributed by atoms with Gasteiger partial charge in [-0.25, -0.2) is 9.97 Å². The number of aromatic nitrogens is 3. The largest absolute Gasteiger partial charge is 0.277 e. The van der Waals surface area contributed by atoms with Crippen molar-refractivity contribution >= 4 is 54.1 Å². The molecule has 0 fully saturated rings. The van der Waals surface area contributed by atoms with Crippen molar-refractivity contribution in [2.24, 2.45) is 0 Å². The number of nitrogens with zero attached hydrogens (tertiary/aromatic N) is 3. The summed E-state index contributed by atoms with van der Waals surface area (Å²) in [6.45, 7) is 0. The Kier molecular flexibility index (Phi) is 3.53. The fraction of sp³-hybridized carbons (Fsp3) is 0. The topological polar surface area (TPSA) is 30.7 Å². The van der Waals surface area contributed by atoms with Crippen LogP contribution in [0.15, 0.2) is 116 Å². The Morgan fingerprint density at radius 2 is 1.14 bits per heavy atom. The normalized spacial score (nSPS) is 12.3. The standard InChI is InChI=1S/C34H19N3/c1-2-10-21-20(9-1)19-27-23-12-4-3-11-22(23)24-15-7-16-28-30(24)32-31(27)29(21)25-13-5-6-14-26(25)33(32)37(28)34-35-17-8-18-36-34/h1-19H. The predicted molar refractivity (Wildman–Crippen MR) is 153 cm³/mol. The van der Waals surface area contributed by atoms with Crippen molar-refractivity contribution in [3.8, 4) is 28.2 Å². The van der Waals surface area contributed by atoms with Crippen molar-refractivity contribution in [1.29, 1.82) is 0 Å². The zero-order valence-electron chi connectivity index (χ0n) is 19.8. The molecule has 0 radical (unpaired) electrons. The third-order valence-corrected chi connectivity index (χ3v) is 8.00. The Bertz CT molecular complexity index is 2240. The molecule has 2 aromatic heterocycles. The van der Waals surface area contributed by atoms with Crippen LogP contribution in [0.4, 0.5) is 0 Å². The second-order valence-corrected chi connectivity index (χ2v) is 9.79. The maximum absolute atomic E-state index is 4.72. The first kappa shape index (κ1) is 19.2. The second-order valence-electron chi connectivity index (χ2n) is 9.79. The molecule has 0 saturated heterocycles. The molecule has 0 amide bonds. The van der Waals surface area contributed by atoms with E-state index in [1.807, 2.05) is 18.5 Å². The lowest BCUT2D eigenvalue weighted by atomic mass is 9.88. The molecule has 0 aliphatic heterocycles. The molecule has 2 heterocycles. The fourth-order valence-electron chi connectivity index (χ4n) is 6.64. The summed E-state index contributed by atoms with van der Waals surface area (Å²) in [5, 5.41) is 10.2. The number of hydrogen-bond acceptors (Lipinski definition) is 2. The van der Waals surface area contributed by atoms with E-state index >= 15 is 0 Å². The molecule has 1 aliphatic carbocycles. The van der Waals surface area contributed by atoms with Crippen molar-refractivity contribution in [3.05, 3.63) is 116 Å². The van der Waals surface area contributed by atoms with Gasteiger partial charge in [0, 0.05) is 33.9 Å². The molecule has 0 N–H and O–H groups in total. The first-order chi connectivity index (χ1) is 18.4.